The van der Waals surface area contributed by atoms with E-state index in [0.717, 1.165) is 26.9 Å². The van der Waals surface area contributed by atoms with Gasteiger partial charge in [-0.15, -0.1) is 0 Å². The molecule has 0 unspecified atom stereocenters. The molecule has 0 heterocycles. The number of methoxy groups -OCH3 is 1. The van der Waals surface area contributed by atoms with Crippen LogP contribution in [0, 0.1) is 13.8 Å². The number of carbonyl (C=O) groups excluding carboxylic acids is 1. The molecule has 0 aromatic heterocycles. The van der Waals surface area contributed by atoms with Gasteiger partial charge in [0.25, 0.3) is 5.91 Å². The Bertz CT molecular complexity index is 763. The largest absolute Gasteiger partial charge is 0.497 e. The Morgan fingerprint density at radius 2 is 1.88 bits per heavy atom. The molecule has 2 aromatic rings. The van der Waals surface area contributed by atoms with Crippen molar-refractivity contribution in [2.75, 3.05) is 13.7 Å². The summed E-state index contributed by atoms with van der Waals surface area (Å²) in [6, 6.07) is 11.4. The van der Waals surface area contributed by atoms with Crippen LogP contribution in [0.1, 0.15) is 23.6 Å². The van der Waals surface area contributed by atoms with Crippen LogP contribution in [-0.2, 0) is 4.79 Å². The first-order valence-electron chi connectivity index (χ1n) is 7.78. The molecule has 0 spiro atoms. The van der Waals surface area contributed by atoms with Crippen molar-refractivity contribution < 1.29 is 14.3 Å². The lowest BCUT2D eigenvalue weighted by molar-refractivity contribution is -0.123. The number of hydrazone groups is 1. The molecule has 0 aliphatic heterocycles. The van der Waals surface area contributed by atoms with Crippen LogP contribution in [0.2, 0.25) is 0 Å². The number of nitrogens with one attached hydrogen (secondary N) is 1. The highest BCUT2D eigenvalue weighted by Crippen LogP contribution is 2.30. The molecule has 2 rings (SSSR count). The molecular weight excluding hydrogens is 384 g/mol. The van der Waals surface area contributed by atoms with E-state index < -0.39 is 0 Å². The van der Waals surface area contributed by atoms with Crippen molar-refractivity contribution in [2.24, 2.45) is 5.10 Å². The van der Waals surface area contributed by atoms with E-state index in [0.29, 0.717) is 11.5 Å². The third kappa shape index (κ3) is 5.32. The summed E-state index contributed by atoms with van der Waals surface area (Å²) in [4.78, 5) is 12.0. The number of hydrogen-bond donors (Lipinski definition) is 1. The Kier molecular flexibility index (Phi) is 6.58. The van der Waals surface area contributed by atoms with E-state index in [-0.39, 0.29) is 12.5 Å². The van der Waals surface area contributed by atoms with Crippen molar-refractivity contribution in [1.29, 1.82) is 0 Å². The van der Waals surface area contributed by atoms with Crippen molar-refractivity contribution in [3.8, 4) is 11.5 Å². The maximum Gasteiger partial charge on any atom is 0.277 e. The third-order valence-electron chi connectivity index (χ3n) is 3.58. The van der Waals surface area contributed by atoms with Crippen molar-refractivity contribution >= 4 is 27.5 Å². The molecule has 5 nitrogen and oxygen atoms in total. The summed E-state index contributed by atoms with van der Waals surface area (Å²) in [5.41, 5.74) is 6.20. The average molecular weight is 405 g/mol. The Hall–Kier alpha value is -2.34. The summed E-state index contributed by atoms with van der Waals surface area (Å²) < 4.78 is 11.6. The number of nitrogens with zero attached hydrogens (tertiary/aromatic N) is 1. The van der Waals surface area contributed by atoms with E-state index >= 15 is 0 Å². The SMILES string of the molecule is COc1ccc(/C(C)=N/NC(=O)COc2c(C)cc(C)cc2Br)cc1. The fourth-order valence-electron chi connectivity index (χ4n) is 2.30. The fourth-order valence-corrected chi connectivity index (χ4v) is 3.09. The fraction of sp³-hybridized carbons (Fsp3) is 0.263. The second kappa shape index (κ2) is 8.67. The van der Waals surface area contributed by atoms with E-state index in [2.05, 4.69) is 26.5 Å². The van der Waals surface area contributed by atoms with Gasteiger partial charge in [-0.25, -0.2) is 5.43 Å². The van der Waals surface area contributed by atoms with E-state index in [9.17, 15) is 4.79 Å². The Morgan fingerprint density at radius 3 is 2.48 bits per heavy atom. The Labute approximate surface area is 156 Å². The molecule has 0 aliphatic carbocycles. The normalized spacial score (nSPS) is 11.2. The number of aryl methyl sites for hydroxylation is 2. The van der Waals surface area contributed by atoms with Gasteiger partial charge >= 0.3 is 0 Å². The van der Waals surface area contributed by atoms with Gasteiger partial charge in [0.15, 0.2) is 6.61 Å². The van der Waals surface area contributed by atoms with Gasteiger partial charge in [-0.1, -0.05) is 6.07 Å². The summed E-state index contributed by atoms with van der Waals surface area (Å²) in [6.45, 7) is 5.66. The average Bonchev–Trinajstić information content (AvgIpc) is 2.58. The predicted octanol–water partition coefficient (Wildman–Crippen LogP) is 3.99. The maximum absolute atomic E-state index is 12.0. The zero-order chi connectivity index (χ0) is 18.4. The molecule has 6 heteroatoms. The molecule has 0 bridgehead atoms. The molecule has 0 fully saturated rings. The highest BCUT2D eigenvalue weighted by atomic mass is 79.9. The van der Waals surface area contributed by atoms with Crippen LogP contribution < -0.4 is 14.9 Å². The van der Waals surface area contributed by atoms with Gasteiger partial charge in [0.1, 0.15) is 11.5 Å². The molecule has 0 saturated carbocycles. The highest BCUT2D eigenvalue weighted by Gasteiger charge is 2.09. The number of halogens is 1. The lowest BCUT2D eigenvalue weighted by Gasteiger charge is -2.11. The lowest BCUT2D eigenvalue weighted by atomic mass is 10.1. The van der Waals surface area contributed by atoms with Crippen LogP contribution in [0.3, 0.4) is 0 Å². The van der Waals surface area contributed by atoms with E-state index in [1.165, 1.54) is 0 Å². The van der Waals surface area contributed by atoms with Gasteiger partial charge in [-0.05, 0) is 83.7 Å². The van der Waals surface area contributed by atoms with Crippen LogP contribution in [0.15, 0.2) is 46.0 Å². The number of ether oxygens (including phenoxy) is 2. The Balaban J connectivity index is 1.93. The summed E-state index contributed by atoms with van der Waals surface area (Å²) in [7, 11) is 1.62. The maximum atomic E-state index is 12.0. The number of amides is 1. The molecule has 1 amide bonds. The molecule has 25 heavy (non-hydrogen) atoms. The zero-order valence-corrected chi connectivity index (χ0v) is 16.3. The lowest BCUT2D eigenvalue weighted by Crippen LogP contribution is -2.25. The summed E-state index contributed by atoms with van der Waals surface area (Å²) >= 11 is 3.46. The quantitative estimate of drug-likeness (QED) is 0.584. The zero-order valence-electron chi connectivity index (χ0n) is 14.7. The minimum Gasteiger partial charge on any atom is -0.497 e. The highest BCUT2D eigenvalue weighted by molar-refractivity contribution is 9.10. The summed E-state index contributed by atoms with van der Waals surface area (Å²) in [5.74, 6) is 1.12. The molecule has 0 radical (unpaired) electrons. The minimum atomic E-state index is -0.320. The van der Waals surface area contributed by atoms with Crippen molar-refractivity contribution in [3.05, 3.63) is 57.6 Å². The van der Waals surface area contributed by atoms with E-state index in [1.54, 1.807) is 7.11 Å². The third-order valence-corrected chi connectivity index (χ3v) is 4.17. The standard InChI is InChI=1S/C19H21BrN2O3/c1-12-9-13(2)19(17(20)10-12)25-11-18(23)22-21-14(3)15-5-7-16(24-4)8-6-15/h5-10H,11H2,1-4H3,(H,22,23)/b21-14+. The second-order valence-corrected chi connectivity index (χ2v) is 6.50. The topological polar surface area (TPSA) is 59.9 Å². The van der Waals surface area contributed by atoms with Crippen LogP contribution >= 0.6 is 15.9 Å². The van der Waals surface area contributed by atoms with Gasteiger partial charge in [0.2, 0.25) is 0 Å². The van der Waals surface area contributed by atoms with Crippen molar-refractivity contribution in [2.45, 2.75) is 20.8 Å². The number of benzene rings is 2. The second-order valence-electron chi connectivity index (χ2n) is 5.64. The molecule has 0 aliphatic rings. The van der Waals surface area contributed by atoms with Crippen molar-refractivity contribution in [3.63, 3.8) is 0 Å². The first-order valence-corrected chi connectivity index (χ1v) is 8.57. The van der Waals surface area contributed by atoms with Crippen LogP contribution in [-0.4, -0.2) is 25.3 Å². The van der Waals surface area contributed by atoms with E-state index in [4.69, 9.17) is 9.47 Å². The van der Waals surface area contributed by atoms with Gasteiger partial charge in [0.05, 0.1) is 17.3 Å². The van der Waals surface area contributed by atoms with Gasteiger partial charge in [-0.2, -0.15) is 5.10 Å². The van der Waals surface area contributed by atoms with E-state index in [1.807, 2.05) is 57.2 Å². The Morgan fingerprint density at radius 1 is 1.20 bits per heavy atom. The van der Waals surface area contributed by atoms with Gasteiger partial charge < -0.3 is 9.47 Å². The van der Waals surface area contributed by atoms with Crippen molar-refractivity contribution in [1.82, 2.24) is 5.43 Å². The molecule has 2 aromatic carbocycles. The van der Waals surface area contributed by atoms with Crippen LogP contribution in [0.25, 0.3) is 0 Å². The molecule has 1 N–H and O–H groups in total. The first kappa shape index (κ1) is 19.0. The monoisotopic (exact) mass is 404 g/mol. The molecule has 132 valence electrons. The predicted molar refractivity (Wildman–Crippen MR) is 102 cm³/mol. The first-order chi connectivity index (χ1) is 11.9. The van der Waals surface area contributed by atoms with Crippen LogP contribution in [0.4, 0.5) is 0 Å². The van der Waals surface area contributed by atoms with Gasteiger partial charge in [0, 0.05) is 0 Å². The number of hydrogen-bond acceptors (Lipinski definition) is 4. The smallest absolute Gasteiger partial charge is 0.277 e. The van der Waals surface area contributed by atoms with Gasteiger partial charge in [-0.3, -0.25) is 4.79 Å². The summed E-state index contributed by atoms with van der Waals surface area (Å²) in [6.07, 6.45) is 0. The molecule has 0 atom stereocenters. The molecule has 0 saturated heterocycles. The van der Waals surface area contributed by atoms with Crippen LogP contribution in [0.5, 0.6) is 11.5 Å². The number of carbonyl (C=O) groups is 1. The molecular formula is C19H21BrN2O3. The number of rotatable bonds is 6. The summed E-state index contributed by atoms with van der Waals surface area (Å²) in [5, 5.41) is 4.11. The minimum absolute atomic E-state index is 0.109.